The smallest absolute Gasteiger partial charge is 0.0640 e. The molecule has 2 unspecified atom stereocenters. The average molecular weight is 224 g/mol. The Labute approximate surface area is 96.8 Å². The van der Waals surface area contributed by atoms with Gasteiger partial charge in [-0.25, -0.2) is 0 Å². The summed E-state index contributed by atoms with van der Waals surface area (Å²) in [5.41, 5.74) is 2.57. The number of para-hydroxylation sites is 1. The molecule has 0 aliphatic carbocycles. The number of fused-ring (bicyclic) bond motifs is 1. The van der Waals surface area contributed by atoms with Gasteiger partial charge in [0.1, 0.15) is 0 Å². The Hall–Kier alpha value is -0.690. The largest absolute Gasteiger partial charge is 0.378 e. The van der Waals surface area contributed by atoms with Gasteiger partial charge in [0.25, 0.3) is 0 Å². The number of hydrogen-bond donors (Lipinski definition) is 1. The fraction of sp³-hybridized carbons (Fsp3) is 0.538. The summed E-state index contributed by atoms with van der Waals surface area (Å²) in [4.78, 5) is 0. The number of benzene rings is 1. The van der Waals surface area contributed by atoms with Gasteiger partial charge >= 0.3 is 0 Å². The second kappa shape index (κ2) is 3.41. The van der Waals surface area contributed by atoms with Gasteiger partial charge in [0.2, 0.25) is 0 Å². The van der Waals surface area contributed by atoms with Crippen molar-refractivity contribution < 1.29 is 0 Å². The number of halogens is 1. The van der Waals surface area contributed by atoms with Crippen LogP contribution in [-0.2, 0) is 0 Å². The van der Waals surface area contributed by atoms with Crippen LogP contribution < -0.4 is 5.32 Å². The van der Waals surface area contributed by atoms with Crippen molar-refractivity contribution in [2.24, 2.45) is 5.92 Å². The molecule has 0 bridgehead atoms. The van der Waals surface area contributed by atoms with Crippen molar-refractivity contribution in [3.8, 4) is 0 Å². The molecule has 0 spiro atoms. The molecule has 0 fully saturated rings. The molecule has 2 rings (SSSR count). The van der Waals surface area contributed by atoms with Gasteiger partial charge < -0.3 is 5.32 Å². The SMILES string of the molecule is CC1c2cccc(Cl)c2NC(C)(C)C1C. The zero-order valence-corrected chi connectivity index (χ0v) is 10.5. The number of anilines is 1. The first-order valence-electron chi connectivity index (χ1n) is 5.50. The summed E-state index contributed by atoms with van der Waals surface area (Å²) in [6, 6.07) is 6.15. The molecule has 1 nitrogen and oxygen atoms in total. The molecule has 15 heavy (non-hydrogen) atoms. The Balaban J connectivity index is 2.55. The van der Waals surface area contributed by atoms with Crippen molar-refractivity contribution in [1.82, 2.24) is 0 Å². The minimum Gasteiger partial charge on any atom is -0.378 e. The van der Waals surface area contributed by atoms with Crippen LogP contribution >= 0.6 is 11.6 Å². The molecule has 1 aliphatic rings. The summed E-state index contributed by atoms with van der Waals surface area (Å²) >= 11 is 6.22. The number of hydrogen-bond acceptors (Lipinski definition) is 1. The molecular weight excluding hydrogens is 206 g/mol. The lowest BCUT2D eigenvalue weighted by molar-refractivity contribution is 0.316. The van der Waals surface area contributed by atoms with Crippen molar-refractivity contribution in [3.63, 3.8) is 0 Å². The second-order valence-electron chi connectivity index (χ2n) is 5.13. The summed E-state index contributed by atoms with van der Waals surface area (Å²) in [5.74, 6) is 1.15. The molecule has 0 saturated heterocycles. The van der Waals surface area contributed by atoms with E-state index in [9.17, 15) is 0 Å². The molecule has 1 heterocycles. The summed E-state index contributed by atoms with van der Waals surface area (Å²) in [7, 11) is 0. The highest BCUT2D eigenvalue weighted by atomic mass is 35.5. The lowest BCUT2D eigenvalue weighted by Gasteiger charge is -2.44. The van der Waals surface area contributed by atoms with E-state index in [2.05, 4.69) is 39.1 Å². The molecule has 0 saturated carbocycles. The van der Waals surface area contributed by atoms with Crippen LogP contribution in [0.15, 0.2) is 18.2 Å². The Bertz CT molecular complexity index is 384. The lowest BCUT2D eigenvalue weighted by Crippen LogP contribution is -2.44. The molecular formula is C13H18ClN. The van der Waals surface area contributed by atoms with Gasteiger partial charge in [-0.1, -0.05) is 37.6 Å². The molecule has 0 amide bonds. The van der Waals surface area contributed by atoms with Crippen LogP contribution in [0.3, 0.4) is 0 Å². The van der Waals surface area contributed by atoms with Gasteiger partial charge in [-0.15, -0.1) is 0 Å². The van der Waals surface area contributed by atoms with Gasteiger partial charge in [0, 0.05) is 5.54 Å². The Morgan fingerprint density at radius 1 is 1.27 bits per heavy atom. The summed E-state index contributed by atoms with van der Waals surface area (Å²) < 4.78 is 0. The average Bonchev–Trinajstić information content (AvgIpc) is 2.17. The molecule has 82 valence electrons. The molecule has 1 aromatic rings. The maximum absolute atomic E-state index is 6.22. The van der Waals surface area contributed by atoms with Crippen LogP contribution in [0.2, 0.25) is 5.02 Å². The summed E-state index contributed by atoms with van der Waals surface area (Å²) in [5, 5.41) is 4.39. The van der Waals surface area contributed by atoms with E-state index in [1.54, 1.807) is 0 Å². The molecule has 2 heteroatoms. The molecule has 2 atom stereocenters. The topological polar surface area (TPSA) is 12.0 Å². The van der Waals surface area contributed by atoms with Crippen molar-refractivity contribution in [2.45, 2.75) is 39.2 Å². The fourth-order valence-corrected chi connectivity index (χ4v) is 2.61. The Kier molecular flexibility index (Phi) is 2.46. The van der Waals surface area contributed by atoms with Crippen molar-refractivity contribution in [3.05, 3.63) is 28.8 Å². The molecule has 1 aromatic carbocycles. The first-order chi connectivity index (χ1) is 6.93. The lowest BCUT2D eigenvalue weighted by atomic mass is 9.73. The third kappa shape index (κ3) is 1.63. The first kappa shape index (κ1) is 10.8. The normalized spacial score (nSPS) is 28.1. The number of nitrogens with one attached hydrogen (secondary N) is 1. The predicted octanol–water partition coefficient (Wildman–Crippen LogP) is 4.28. The van der Waals surface area contributed by atoms with Gasteiger partial charge in [0.15, 0.2) is 0 Å². The van der Waals surface area contributed by atoms with E-state index in [4.69, 9.17) is 11.6 Å². The standard InChI is InChI=1S/C13H18ClN/c1-8-9(2)13(3,4)15-12-10(8)6-5-7-11(12)14/h5-9,15H,1-4H3. The van der Waals surface area contributed by atoms with E-state index in [-0.39, 0.29) is 5.54 Å². The minimum atomic E-state index is 0.109. The third-order valence-electron chi connectivity index (χ3n) is 3.87. The van der Waals surface area contributed by atoms with Crippen LogP contribution in [0.4, 0.5) is 5.69 Å². The quantitative estimate of drug-likeness (QED) is 0.692. The highest BCUT2D eigenvalue weighted by molar-refractivity contribution is 6.33. The maximum atomic E-state index is 6.22. The highest BCUT2D eigenvalue weighted by Crippen LogP contribution is 2.45. The van der Waals surface area contributed by atoms with Crippen molar-refractivity contribution in [2.75, 3.05) is 5.32 Å². The van der Waals surface area contributed by atoms with E-state index in [0.29, 0.717) is 11.8 Å². The van der Waals surface area contributed by atoms with E-state index < -0.39 is 0 Å². The predicted molar refractivity (Wildman–Crippen MR) is 66.7 cm³/mol. The van der Waals surface area contributed by atoms with Crippen LogP contribution in [0.25, 0.3) is 0 Å². The van der Waals surface area contributed by atoms with E-state index in [1.807, 2.05) is 12.1 Å². The van der Waals surface area contributed by atoms with E-state index in [0.717, 1.165) is 10.7 Å². The van der Waals surface area contributed by atoms with E-state index in [1.165, 1.54) is 5.56 Å². The van der Waals surface area contributed by atoms with Gasteiger partial charge in [0.05, 0.1) is 10.7 Å². The van der Waals surface area contributed by atoms with Gasteiger partial charge in [-0.3, -0.25) is 0 Å². The zero-order chi connectivity index (χ0) is 11.2. The highest BCUT2D eigenvalue weighted by Gasteiger charge is 2.37. The molecule has 0 radical (unpaired) electrons. The minimum absolute atomic E-state index is 0.109. The van der Waals surface area contributed by atoms with E-state index >= 15 is 0 Å². The molecule has 1 aliphatic heterocycles. The van der Waals surface area contributed by atoms with Gasteiger partial charge in [-0.2, -0.15) is 0 Å². The summed E-state index contributed by atoms with van der Waals surface area (Å²) in [6.45, 7) is 9.05. The monoisotopic (exact) mass is 223 g/mol. The van der Waals surface area contributed by atoms with Crippen LogP contribution in [-0.4, -0.2) is 5.54 Å². The first-order valence-corrected chi connectivity index (χ1v) is 5.88. The molecule has 0 aromatic heterocycles. The van der Waals surface area contributed by atoms with Crippen molar-refractivity contribution >= 4 is 17.3 Å². The van der Waals surface area contributed by atoms with Crippen LogP contribution in [0.5, 0.6) is 0 Å². The zero-order valence-electron chi connectivity index (χ0n) is 9.76. The van der Waals surface area contributed by atoms with Gasteiger partial charge in [-0.05, 0) is 37.3 Å². The number of rotatable bonds is 0. The second-order valence-corrected chi connectivity index (χ2v) is 5.54. The summed E-state index contributed by atoms with van der Waals surface area (Å²) in [6.07, 6.45) is 0. The molecule has 1 N–H and O–H groups in total. The maximum Gasteiger partial charge on any atom is 0.0640 e. The van der Waals surface area contributed by atoms with Crippen LogP contribution in [0, 0.1) is 5.92 Å². The van der Waals surface area contributed by atoms with Crippen LogP contribution in [0.1, 0.15) is 39.2 Å². The third-order valence-corrected chi connectivity index (χ3v) is 4.19. The van der Waals surface area contributed by atoms with Crippen molar-refractivity contribution in [1.29, 1.82) is 0 Å². The Morgan fingerprint density at radius 2 is 1.93 bits per heavy atom. The Morgan fingerprint density at radius 3 is 2.60 bits per heavy atom. The fourth-order valence-electron chi connectivity index (χ4n) is 2.38.